The Morgan fingerprint density at radius 2 is 1.58 bits per heavy atom. The number of rotatable bonds is 6. The quantitative estimate of drug-likeness (QED) is 0.737. The van der Waals surface area contributed by atoms with E-state index in [4.69, 9.17) is 8.83 Å². The van der Waals surface area contributed by atoms with E-state index >= 15 is 0 Å². The van der Waals surface area contributed by atoms with Crippen LogP contribution in [0.2, 0.25) is 0 Å². The van der Waals surface area contributed by atoms with Crippen molar-refractivity contribution in [3.8, 4) is 0 Å². The summed E-state index contributed by atoms with van der Waals surface area (Å²) in [6.45, 7) is 6.70. The molecule has 130 valence electrons. The van der Waals surface area contributed by atoms with E-state index in [1.807, 2.05) is 32.9 Å². The summed E-state index contributed by atoms with van der Waals surface area (Å²) in [6, 6.07) is 6.81. The average Bonchev–Trinajstić information content (AvgIpc) is 3.09. The maximum atomic E-state index is 12.2. The summed E-state index contributed by atoms with van der Waals surface area (Å²) >= 11 is 0. The number of hydrogen-bond donors (Lipinski definition) is 3. The van der Waals surface area contributed by atoms with Gasteiger partial charge in [-0.3, -0.25) is 10.1 Å². The fraction of sp³-hybridized carbons (Fsp3) is 0.412. The van der Waals surface area contributed by atoms with Gasteiger partial charge in [-0.1, -0.05) is 0 Å². The molecule has 24 heavy (non-hydrogen) atoms. The van der Waals surface area contributed by atoms with Crippen LogP contribution in [0.15, 0.2) is 45.6 Å². The van der Waals surface area contributed by atoms with E-state index in [1.165, 1.54) is 0 Å². The summed E-state index contributed by atoms with van der Waals surface area (Å²) in [7, 11) is 0. The molecule has 0 aromatic carbocycles. The Morgan fingerprint density at radius 3 is 2.00 bits per heavy atom. The van der Waals surface area contributed by atoms with Crippen molar-refractivity contribution in [1.82, 2.24) is 10.6 Å². The van der Waals surface area contributed by atoms with Gasteiger partial charge in [-0.05, 0) is 45.0 Å². The molecule has 0 radical (unpaired) electrons. The van der Waals surface area contributed by atoms with Crippen LogP contribution in [0.5, 0.6) is 0 Å². The molecule has 2 aromatic heterocycles. The lowest BCUT2D eigenvalue weighted by molar-refractivity contribution is -0.921. The van der Waals surface area contributed by atoms with Crippen LogP contribution in [0.3, 0.4) is 0 Å². The minimum Gasteiger partial charge on any atom is -0.463 e. The van der Waals surface area contributed by atoms with Crippen molar-refractivity contribution in [2.24, 2.45) is 0 Å². The van der Waals surface area contributed by atoms with E-state index in [2.05, 4.69) is 10.6 Å². The summed E-state index contributed by atoms with van der Waals surface area (Å²) in [4.78, 5) is 24.9. The third-order valence-corrected chi connectivity index (χ3v) is 3.16. The van der Waals surface area contributed by atoms with Crippen LogP contribution in [-0.2, 0) is 17.9 Å². The molecule has 0 spiro atoms. The first kappa shape index (κ1) is 17.8. The van der Waals surface area contributed by atoms with Crippen molar-refractivity contribution < 1.29 is 23.3 Å². The predicted octanol–water partition coefficient (Wildman–Crippen LogP) is 1.08. The summed E-state index contributed by atoms with van der Waals surface area (Å²) in [5.74, 6) is 1.18. The highest BCUT2D eigenvalue weighted by molar-refractivity contribution is 5.94. The van der Waals surface area contributed by atoms with Crippen molar-refractivity contribution in [2.75, 3.05) is 6.54 Å². The Morgan fingerprint density at radius 1 is 1.04 bits per heavy atom. The first-order valence-electron chi connectivity index (χ1n) is 7.82. The van der Waals surface area contributed by atoms with E-state index in [0.29, 0.717) is 13.1 Å². The standard InChI is InChI=1S/C17H23N3O4/c1-17(2,3)19-16(22)18-15(21)12-20(10-13-6-4-8-23-13)11-14-7-5-9-24-14/h4-9H,10-12H2,1-3H3,(H2,18,19,21,22)/p+1. The van der Waals surface area contributed by atoms with Gasteiger partial charge in [-0.15, -0.1) is 0 Å². The van der Waals surface area contributed by atoms with Gasteiger partial charge in [0.05, 0.1) is 12.5 Å². The number of furan rings is 2. The van der Waals surface area contributed by atoms with Crippen LogP contribution in [0, 0.1) is 0 Å². The van der Waals surface area contributed by atoms with Crippen molar-refractivity contribution in [1.29, 1.82) is 0 Å². The maximum absolute atomic E-state index is 12.2. The summed E-state index contributed by atoms with van der Waals surface area (Å²) in [5.41, 5.74) is -0.404. The summed E-state index contributed by atoms with van der Waals surface area (Å²) < 4.78 is 10.7. The second kappa shape index (κ2) is 7.83. The van der Waals surface area contributed by atoms with Crippen molar-refractivity contribution in [2.45, 2.75) is 39.4 Å². The highest BCUT2D eigenvalue weighted by Gasteiger charge is 2.21. The van der Waals surface area contributed by atoms with Crippen LogP contribution in [0.4, 0.5) is 4.79 Å². The van der Waals surface area contributed by atoms with Crippen LogP contribution in [-0.4, -0.2) is 24.0 Å². The molecule has 2 rings (SSSR count). The molecule has 0 atom stereocenters. The first-order valence-corrected chi connectivity index (χ1v) is 7.82. The predicted molar refractivity (Wildman–Crippen MR) is 87.1 cm³/mol. The molecule has 0 aliphatic heterocycles. The Labute approximate surface area is 141 Å². The maximum Gasteiger partial charge on any atom is 0.322 e. The third-order valence-electron chi connectivity index (χ3n) is 3.16. The largest absolute Gasteiger partial charge is 0.463 e. The molecule has 2 heterocycles. The number of nitrogens with one attached hydrogen (secondary N) is 3. The smallest absolute Gasteiger partial charge is 0.322 e. The zero-order chi connectivity index (χ0) is 17.6. The zero-order valence-electron chi connectivity index (χ0n) is 14.2. The molecule has 0 unspecified atom stereocenters. The molecule has 7 heteroatoms. The fourth-order valence-electron chi connectivity index (χ4n) is 2.28. The first-order chi connectivity index (χ1) is 11.3. The second-order valence-electron chi connectivity index (χ2n) is 6.69. The highest BCUT2D eigenvalue weighted by atomic mass is 16.3. The normalized spacial score (nSPS) is 11.5. The zero-order valence-corrected chi connectivity index (χ0v) is 14.2. The van der Waals surface area contributed by atoms with Crippen molar-refractivity contribution in [3.05, 3.63) is 48.3 Å². The molecule has 0 fully saturated rings. The van der Waals surface area contributed by atoms with E-state index in [-0.39, 0.29) is 12.5 Å². The monoisotopic (exact) mass is 334 g/mol. The number of quaternary nitrogens is 1. The van der Waals surface area contributed by atoms with Crippen LogP contribution in [0.1, 0.15) is 32.3 Å². The van der Waals surface area contributed by atoms with Gasteiger partial charge < -0.3 is 19.1 Å². The van der Waals surface area contributed by atoms with Gasteiger partial charge in [0.15, 0.2) is 18.1 Å². The van der Waals surface area contributed by atoms with E-state index in [9.17, 15) is 9.59 Å². The summed E-state index contributed by atoms with van der Waals surface area (Å²) in [5, 5.41) is 5.05. The molecule has 0 saturated heterocycles. The molecule has 0 aliphatic rings. The van der Waals surface area contributed by atoms with Crippen LogP contribution < -0.4 is 15.5 Å². The number of carbonyl (C=O) groups excluding carboxylic acids is 2. The topological polar surface area (TPSA) is 88.9 Å². The van der Waals surface area contributed by atoms with E-state index in [1.54, 1.807) is 24.7 Å². The molecule has 0 saturated carbocycles. The molecular weight excluding hydrogens is 310 g/mol. The summed E-state index contributed by atoms with van der Waals surface area (Å²) in [6.07, 6.45) is 3.19. The lowest BCUT2D eigenvalue weighted by Crippen LogP contribution is -3.10. The Hall–Kier alpha value is -2.54. The number of amides is 3. The van der Waals surface area contributed by atoms with Gasteiger partial charge in [-0.25, -0.2) is 4.79 Å². The van der Waals surface area contributed by atoms with E-state index < -0.39 is 11.6 Å². The molecule has 0 aliphatic carbocycles. The van der Waals surface area contributed by atoms with Gasteiger partial charge in [0.2, 0.25) is 0 Å². The van der Waals surface area contributed by atoms with Gasteiger partial charge in [0, 0.05) is 5.54 Å². The van der Waals surface area contributed by atoms with Gasteiger partial charge in [0.1, 0.15) is 13.1 Å². The SMILES string of the molecule is CC(C)(C)NC(=O)NC(=O)C[NH+](Cc1ccco1)Cc1ccco1. The molecular formula is C17H24N3O4+. The molecule has 2 aromatic rings. The number of imide groups is 1. The molecule has 7 nitrogen and oxygen atoms in total. The Kier molecular flexibility index (Phi) is 5.81. The van der Waals surface area contributed by atoms with Gasteiger partial charge in [-0.2, -0.15) is 0 Å². The lowest BCUT2D eigenvalue weighted by atomic mass is 10.1. The van der Waals surface area contributed by atoms with Crippen LogP contribution in [0.25, 0.3) is 0 Å². The van der Waals surface area contributed by atoms with Gasteiger partial charge in [0.25, 0.3) is 5.91 Å². The number of hydrogen-bond acceptors (Lipinski definition) is 4. The fourth-order valence-corrected chi connectivity index (χ4v) is 2.28. The lowest BCUT2D eigenvalue weighted by Gasteiger charge is -2.21. The van der Waals surface area contributed by atoms with Crippen LogP contribution >= 0.6 is 0 Å². The second-order valence-corrected chi connectivity index (χ2v) is 6.69. The van der Waals surface area contributed by atoms with Crippen molar-refractivity contribution in [3.63, 3.8) is 0 Å². The van der Waals surface area contributed by atoms with Gasteiger partial charge >= 0.3 is 6.03 Å². The third kappa shape index (κ3) is 6.29. The molecule has 0 bridgehead atoms. The Bertz CT molecular complexity index is 606. The van der Waals surface area contributed by atoms with Crippen molar-refractivity contribution >= 4 is 11.9 Å². The highest BCUT2D eigenvalue weighted by Crippen LogP contribution is 2.00. The minimum absolute atomic E-state index is 0.124. The average molecular weight is 334 g/mol. The number of urea groups is 1. The minimum atomic E-state index is -0.497. The number of carbonyl (C=O) groups is 2. The molecule has 3 N–H and O–H groups in total. The Balaban J connectivity index is 1.93. The van der Waals surface area contributed by atoms with E-state index in [0.717, 1.165) is 16.4 Å². The molecule has 3 amide bonds.